The summed E-state index contributed by atoms with van der Waals surface area (Å²) in [6.07, 6.45) is 1.82. The number of fused-ring (bicyclic) bond motifs is 3. The van der Waals surface area contributed by atoms with Gasteiger partial charge in [-0.05, 0) is 72.8 Å². The number of carbonyl (C=O) groups is 1. The topological polar surface area (TPSA) is 50.8 Å². The van der Waals surface area contributed by atoms with Crippen LogP contribution in [-0.2, 0) is 11.3 Å². The molecule has 176 valence electrons. The van der Waals surface area contributed by atoms with Gasteiger partial charge in [0.25, 0.3) is 0 Å². The molecule has 0 saturated carbocycles. The van der Waals surface area contributed by atoms with E-state index < -0.39 is 0 Å². The lowest BCUT2D eigenvalue weighted by Crippen LogP contribution is -2.52. The first-order valence-electron chi connectivity index (χ1n) is 11.9. The fraction of sp³-hybridized carbons (Fsp3) is 0.321. The number of ether oxygens (including phenoxy) is 2. The fourth-order valence-corrected chi connectivity index (χ4v) is 5.13. The first kappa shape index (κ1) is 22.9. The Hall–Kier alpha value is -2.83. The van der Waals surface area contributed by atoms with Gasteiger partial charge in [0.05, 0.1) is 6.04 Å². The lowest BCUT2D eigenvalue weighted by molar-refractivity contribution is -0.0336. The minimum absolute atomic E-state index is 0.0282. The summed E-state index contributed by atoms with van der Waals surface area (Å²) in [5.74, 6) is 1.23. The summed E-state index contributed by atoms with van der Waals surface area (Å²) >= 11 is 3.46. The molecule has 3 fully saturated rings. The SMILES string of the molecule is O=C(NC(c1ccccc1)c1cccc(OCc2ccc(Br)cc2)c1)O[C@H]1CN2CCC1CC2. The molecule has 3 aliphatic rings. The molecule has 5 nitrogen and oxygen atoms in total. The zero-order valence-electron chi connectivity index (χ0n) is 19.0. The summed E-state index contributed by atoms with van der Waals surface area (Å²) in [5.41, 5.74) is 3.04. The quantitative estimate of drug-likeness (QED) is 0.418. The lowest BCUT2D eigenvalue weighted by atomic mass is 9.86. The van der Waals surface area contributed by atoms with Gasteiger partial charge in [0, 0.05) is 11.0 Å². The number of halogens is 1. The average molecular weight is 521 g/mol. The maximum absolute atomic E-state index is 13.0. The summed E-state index contributed by atoms with van der Waals surface area (Å²) in [5, 5.41) is 3.12. The van der Waals surface area contributed by atoms with Gasteiger partial charge in [-0.1, -0.05) is 70.5 Å². The number of nitrogens with one attached hydrogen (secondary N) is 1. The van der Waals surface area contributed by atoms with Crippen LogP contribution in [0.25, 0.3) is 0 Å². The maximum Gasteiger partial charge on any atom is 0.408 e. The first-order valence-corrected chi connectivity index (χ1v) is 12.6. The summed E-state index contributed by atoms with van der Waals surface area (Å²) < 4.78 is 13.0. The number of hydrogen-bond acceptors (Lipinski definition) is 4. The number of amides is 1. The molecule has 3 aromatic carbocycles. The third kappa shape index (κ3) is 5.62. The third-order valence-electron chi connectivity index (χ3n) is 6.76. The molecule has 1 N–H and O–H groups in total. The maximum atomic E-state index is 13.0. The van der Waals surface area contributed by atoms with Crippen molar-refractivity contribution in [2.24, 2.45) is 5.92 Å². The Kier molecular flexibility index (Phi) is 7.16. The molecule has 3 aliphatic heterocycles. The number of nitrogens with zero attached hydrogens (tertiary/aromatic N) is 1. The lowest BCUT2D eigenvalue weighted by Gasteiger charge is -2.43. The molecule has 0 spiro atoms. The number of rotatable bonds is 7. The molecule has 0 radical (unpaired) electrons. The van der Waals surface area contributed by atoms with Crippen molar-refractivity contribution in [2.45, 2.75) is 31.6 Å². The number of benzene rings is 3. The van der Waals surface area contributed by atoms with Crippen molar-refractivity contribution in [3.8, 4) is 5.75 Å². The molecular formula is C28H29BrN2O3. The fourth-order valence-electron chi connectivity index (χ4n) is 4.87. The normalized spacial score (nSPS) is 22.1. The molecule has 2 bridgehead atoms. The summed E-state index contributed by atoms with van der Waals surface area (Å²) in [6, 6.07) is 25.6. The minimum atomic E-state index is -0.367. The number of hydrogen-bond donors (Lipinski definition) is 1. The van der Waals surface area contributed by atoms with Gasteiger partial charge >= 0.3 is 6.09 Å². The second-order valence-corrected chi connectivity index (χ2v) is 9.97. The molecule has 3 heterocycles. The molecule has 2 atom stereocenters. The Labute approximate surface area is 209 Å². The number of carbonyl (C=O) groups excluding carboxylic acids is 1. The van der Waals surface area contributed by atoms with E-state index in [0.29, 0.717) is 12.5 Å². The average Bonchev–Trinajstić information content (AvgIpc) is 2.88. The molecule has 6 rings (SSSR count). The van der Waals surface area contributed by atoms with Crippen LogP contribution >= 0.6 is 15.9 Å². The van der Waals surface area contributed by atoms with Crippen LogP contribution in [0.2, 0.25) is 0 Å². The van der Waals surface area contributed by atoms with Gasteiger partial charge in [-0.15, -0.1) is 0 Å². The van der Waals surface area contributed by atoms with Crippen LogP contribution < -0.4 is 10.1 Å². The van der Waals surface area contributed by atoms with E-state index in [0.717, 1.165) is 59.4 Å². The molecule has 6 heteroatoms. The van der Waals surface area contributed by atoms with E-state index in [2.05, 4.69) is 26.1 Å². The van der Waals surface area contributed by atoms with E-state index in [-0.39, 0.29) is 18.2 Å². The zero-order valence-corrected chi connectivity index (χ0v) is 20.6. The summed E-state index contributed by atoms with van der Waals surface area (Å²) in [4.78, 5) is 15.4. The summed E-state index contributed by atoms with van der Waals surface area (Å²) in [6.45, 7) is 3.55. The predicted octanol–water partition coefficient (Wildman–Crippen LogP) is 5.94. The van der Waals surface area contributed by atoms with Gasteiger partial charge in [-0.3, -0.25) is 4.90 Å². The van der Waals surface area contributed by atoms with Crippen molar-refractivity contribution < 1.29 is 14.3 Å². The van der Waals surface area contributed by atoms with Crippen LogP contribution in [0.5, 0.6) is 5.75 Å². The van der Waals surface area contributed by atoms with Crippen LogP contribution in [0.4, 0.5) is 4.79 Å². The number of piperidine rings is 3. The van der Waals surface area contributed by atoms with Crippen molar-refractivity contribution in [3.63, 3.8) is 0 Å². The molecule has 3 saturated heterocycles. The molecule has 34 heavy (non-hydrogen) atoms. The Morgan fingerprint density at radius 3 is 2.41 bits per heavy atom. The molecule has 3 aromatic rings. The monoisotopic (exact) mass is 520 g/mol. The van der Waals surface area contributed by atoms with Crippen molar-refractivity contribution in [1.29, 1.82) is 0 Å². The largest absolute Gasteiger partial charge is 0.489 e. The second kappa shape index (κ2) is 10.6. The minimum Gasteiger partial charge on any atom is -0.489 e. The third-order valence-corrected chi connectivity index (χ3v) is 7.29. The van der Waals surface area contributed by atoms with Gasteiger partial charge in [0.2, 0.25) is 0 Å². The van der Waals surface area contributed by atoms with Gasteiger partial charge in [-0.2, -0.15) is 0 Å². The van der Waals surface area contributed by atoms with Crippen LogP contribution in [0.3, 0.4) is 0 Å². The Bertz CT molecular complexity index is 1100. The van der Waals surface area contributed by atoms with Crippen LogP contribution in [0.15, 0.2) is 83.3 Å². The van der Waals surface area contributed by atoms with E-state index in [1.165, 1.54) is 0 Å². The Morgan fingerprint density at radius 2 is 1.71 bits per heavy atom. The van der Waals surface area contributed by atoms with E-state index >= 15 is 0 Å². The highest BCUT2D eigenvalue weighted by Crippen LogP contribution is 2.30. The Morgan fingerprint density at radius 1 is 0.971 bits per heavy atom. The van der Waals surface area contributed by atoms with Gasteiger partial charge in [0.15, 0.2) is 0 Å². The second-order valence-electron chi connectivity index (χ2n) is 9.06. The molecule has 1 amide bonds. The predicted molar refractivity (Wildman–Crippen MR) is 136 cm³/mol. The van der Waals surface area contributed by atoms with Gasteiger partial charge in [-0.25, -0.2) is 4.79 Å². The van der Waals surface area contributed by atoms with Gasteiger partial charge in [0.1, 0.15) is 18.5 Å². The van der Waals surface area contributed by atoms with Crippen molar-refractivity contribution >= 4 is 22.0 Å². The van der Waals surface area contributed by atoms with Crippen LogP contribution in [-0.4, -0.2) is 36.7 Å². The smallest absolute Gasteiger partial charge is 0.408 e. The van der Waals surface area contributed by atoms with Crippen LogP contribution in [0, 0.1) is 5.92 Å². The number of alkyl carbamates (subject to hydrolysis) is 1. The summed E-state index contributed by atoms with van der Waals surface area (Å²) in [7, 11) is 0. The molecule has 0 aliphatic carbocycles. The highest BCUT2D eigenvalue weighted by molar-refractivity contribution is 9.10. The van der Waals surface area contributed by atoms with E-state index in [4.69, 9.17) is 9.47 Å². The Balaban J connectivity index is 1.30. The van der Waals surface area contributed by atoms with E-state index in [9.17, 15) is 4.79 Å². The van der Waals surface area contributed by atoms with Crippen molar-refractivity contribution in [2.75, 3.05) is 19.6 Å². The van der Waals surface area contributed by atoms with Crippen LogP contribution in [0.1, 0.15) is 35.6 Å². The highest BCUT2D eigenvalue weighted by Gasteiger charge is 2.36. The first-order chi connectivity index (χ1) is 16.6. The molecule has 1 unspecified atom stereocenters. The van der Waals surface area contributed by atoms with Crippen molar-refractivity contribution in [3.05, 3.63) is 100 Å². The van der Waals surface area contributed by atoms with Gasteiger partial charge < -0.3 is 14.8 Å². The van der Waals surface area contributed by atoms with E-state index in [1.54, 1.807) is 0 Å². The molecule has 0 aromatic heterocycles. The molecular weight excluding hydrogens is 492 g/mol. The van der Waals surface area contributed by atoms with E-state index in [1.807, 2.05) is 78.9 Å². The zero-order chi connectivity index (χ0) is 23.3. The van der Waals surface area contributed by atoms with Crippen molar-refractivity contribution in [1.82, 2.24) is 10.2 Å². The standard InChI is InChI=1S/C28H29BrN2O3/c29-24-11-9-20(10-12-24)19-33-25-8-4-7-23(17-25)27(22-5-2-1-3-6-22)30-28(32)34-26-18-31-15-13-21(26)14-16-31/h1-12,17,21,26-27H,13-16,18-19H2,(H,30,32)/t26-,27?/m0/s1. The highest BCUT2D eigenvalue weighted by atomic mass is 79.9.